The second-order valence-corrected chi connectivity index (χ2v) is 15.3. The van der Waals surface area contributed by atoms with E-state index >= 15 is 0 Å². The van der Waals surface area contributed by atoms with E-state index in [0.29, 0.717) is 67.6 Å². The Balaban J connectivity index is 1.32. The van der Waals surface area contributed by atoms with Gasteiger partial charge in [-0.25, -0.2) is 13.8 Å². The minimum atomic E-state index is -2.68. The number of nitrogens with one attached hydrogen (secondary N) is 1. The number of aromatic nitrogens is 1. The van der Waals surface area contributed by atoms with Crippen LogP contribution in [0, 0.1) is 23.2 Å². The number of rotatable bonds is 6. The maximum absolute atomic E-state index is 14.2. The highest BCUT2D eigenvalue weighted by Crippen LogP contribution is 2.49. The summed E-state index contributed by atoms with van der Waals surface area (Å²) in [7, 11) is -2.50. The summed E-state index contributed by atoms with van der Waals surface area (Å²) >= 11 is 0. The lowest BCUT2D eigenvalue weighted by Gasteiger charge is -2.41. The molecule has 4 aliphatic rings. The Morgan fingerprint density at radius 2 is 1.79 bits per heavy atom. The monoisotopic (exact) mass is 602 g/mol. The maximum Gasteiger partial charge on any atom is 0.248 e. The number of oxazole rings is 1. The van der Waals surface area contributed by atoms with Crippen molar-refractivity contribution in [2.24, 2.45) is 11.8 Å². The van der Waals surface area contributed by atoms with Crippen LogP contribution in [-0.4, -0.2) is 56.1 Å². The molecule has 8 nitrogen and oxygen atoms in total. The zero-order chi connectivity index (χ0) is 29.7. The van der Waals surface area contributed by atoms with E-state index in [2.05, 4.69) is 16.3 Å². The van der Waals surface area contributed by atoms with Crippen LogP contribution in [0.25, 0.3) is 11.3 Å². The van der Waals surface area contributed by atoms with Crippen molar-refractivity contribution in [1.29, 1.82) is 5.26 Å². The first-order chi connectivity index (χ1) is 20.0. The van der Waals surface area contributed by atoms with Crippen LogP contribution in [0.15, 0.2) is 28.7 Å². The van der Waals surface area contributed by atoms with Crippen molar-refractivity contribution in [3.63, 3.8) is 0 Å². The van der Waals surface area contributed by atoms with E-state index in [4.69, 9.17) is 9.40 Å². The average molecular weight is 603 g/mol. The molecule has 228 valence electrons. The van der Waals surface area contributed by atoms with Gasteiger partial charge in [0, 0.05) is 54.9 Å². The van der Waals surface area contributed by atoms with Crippen LogP contribution in [-0.2, 0) is 4.79 Å². The molecule has 1 amide bonds. The van der Waals surface area contributed by atoms with Crippen LogP contribution in [0.4, 0.5) is 14.5 Å². The summed E-state index contributed by atoms with van der Waals surface area (Å²) in [6.45, 7) is 2.96. The van der Waals surface area contributed by atoms with Crippen LogP contribution in [0.2, 0.25) is 0 Å². The van der Waals surface area contributed by atoms with E-state index in [-0.39, 0.29) is 42.4 Å². The van der Waals surface area contributed by atoms with E-state index in [1.165, 1.54) is 0 Å². The number of hydrogen-bond acceptors (Lipinski definition) is 7. The molecule has 1 aromatic heterocycles. The topological polar surface area (TPSA) is 123 Å². The van der Waals surface area contributed by atoms with Crippen molar-refractivity contribution in [1.82, 2.24) is 10.3 Å². The molecule has 1 aromatic carbocycles. The summed E-state index contributed by atoms with van der Waals surface area (Å²) in [6, 6.07) is 10.2. The third-order valence-corrected chi connectivity index (χ3v) is 11.4. The first kappa shape index (κ1) is 29.4. The molecule has 0 radical (unpaired) electrons. The number of anilines is 1. The third kappa shape index (κ3) is 6.03. The standard InChI is InChI=1S/C31H40F2N4O4S/c1-20-18-31(32,33)11-10-23(20)29-35-26(21-6-8-22(9-7-21)37-14-16-42(39,40)17-15-37)27(41-29)24-4-2-3-5-25(24)28(38)36-30(19-34)12-13-30/h6-9,20,23-25,39-40H,2-5,10-18H2,1H3,(H,36,38)/t20-,23+,24-,25-/m1/s1. The molecule has 0 spiro atoms. The molecular weight excluding hydrogens is 562 g/mol. The fourth-order valence-electron chi connectivity index (χ4n) is 6.99. The zero-order valence-corrected chi connectivity index (χ0v) is 24.8. The predicted molar refractivity (Wildman–Crippen MR) is 158 cm³/mol. The van der Waals surface area contributed by atoms with Gasteiger partial charge in [0.2, 0.25) is 11.8 Å². The number of halogens is 2. The molecule has 4 atom stereocenters. The summed E-state index contributed by atoms with van der Waals surface area (Å²) in [5.74, 6) is -2.11. The van der Waals surface area contributed by atoms with Gasteiger partial charge in [-0.05, 0) is 50.2 Å². The van der Waals surface area contributed by atoms with Crippen LogP contribution < -0.4 is 10.2 Å². The summed E-state index contributed by atoms with van der Waals surface area (Å²) in [4.78, 5) is 20.6. The fourth-order valence-corrected chi connectivity index (χ4v) is 8.22. The van der Waals surface area contributed by atoms with Gasteiger partial charge in [-0.15, -0.1) is 0 Å². The number of nitrogens with zero attached hydrogens (tertiary/aromatic N) is 3. The Kier molecular flexibility index (Phi) is 7.77. The van der Waals surface area contributed by atoms with Crippen LogP contribution in [0.5, 0.6) is 0 Å². The minimum absolute atomic E-state index is 0.125. The molecule has 1 saturated heterocycles. The molecular formula is C31H40F2N4O4S. The number of carbonyl (C=O) groups excluding carboxylic acids is 1. The Morgan fingerprint density at radius 1 is 1.10 bits per heavy atom. The van der Waals surface area contributed by atoms with E-state index in [9.17, 15) is 27.9 Å². The molecule has 2 aromatic rings. The van der Waals surface area contributed by atoms with Gasteiger partial charge < -0.3 is 14.6 Å². The van der Waals surface area contributed by atoms with Crippen LogP contribution in [0.1, 0.15) is 88.2 Å². The van der Waals surface area contributed by atoms with Gasteiger partial charge in [-0.3, -0.25) is 13.9 Å². The number of benzene rings is 1. The number of nitriles is 1. The van der Waals surface area contributed by atoms with Gasteiger partial charge in [-0.1, -0.05) is 31.9 Å². The highest BCUT2D eigenvalue weighted by atomic mass is 32.3. The van der Waals surface area contributed by atoms with Crippen LogP contribution in [0.3, 0.4) is 0 Å². The molecule has 3 aliphatic carbocycles. The smallest absolute Gasteiger partial charge is 0.248 e. The lowest BCUT2D eigenvalue weighted by molar-refractivity contribution is -0.127. The summed E-state index contributed by atoms with van der Waals surface area (Å²) in [5, 5.41) is 12.6. The van der Waals surface area contributed by atoms with Crippen molar-refractivity contribution >= 4 is 22.2 Å². The van der Waals surface area contributed by atoms with Crippen molar-refractivity contribution in [3.8, 4) is 17.3 Å². The Hall–Kier alpha value is -2.68. The van der Waals surface area contributed by atoms with E-state index in [1.807, 2.05) is 31.2 Å². The molecule has 42 heavy (non-hydrogen) atoms. The Labute approximate surface area is 247 Å². The van der Waals surface area contributed by atoms with Crippen molar-refractivity contribution in [2.75, 3.05) is 29.5 Å². The SMILES string of the molecule is C[C@@H]1CC(F)(F)CC[C@@H]1c1nc(-c2ccc(N3CCS(O)(O)CC3)cc2)c([C@@H]2CCCC[C@H]2C(=O)NC2(C#N)CC2)o1. The molecule has 11 heteroatoms. The largest absolute Gasteiger partial charge is 0.444 e. The quantitative estimate of drug-likeness (QED) is 0.329. The average Bonchev–Trinajstić information content (AvgIpc) is 3.60. The summed E-state index contributed by atoms with van der Waals surface area (Å²) < 4.78 is 54.9. The van der Waals surface area contributed by atoms with Gasteiger partial charge in [-0.2, -0.15) is 15.9 Å². The molecule has 4 fully saturated rings. The van der Waals surface area contributed by atoms with E-state index in [1.54, 1.807) is 0 Å². The zero-order valence-electron chi connectivity index (χ0n) is 24.0. The van der Waals surface area contributed by atoms with Gasteiger partial charge in [0.25, 0.3) is 0 Å². The Bertz CT molecular complexity index is 1340. The first-order valence-electron chi connectivity index (χ1n) is 15.2. The number of carbonyl (C=O) groups is 1. The van der Waals surface area contributed by atoms with E-state index in [0.717, 1.165) is 30.5 Å². The van der Waals surface area contributed by atoms with Gasteiger partial charge >= 0.3 is 0 Å². The molecule has 1 aliphatic heterocycles. The second-order valence-electron chi connectivity index (χ2n) is 12.9. The van der Waals surface area contributed by atoms with Crippen molar-refractivity contribution in [3.05, 3.63) is 35.9 Å². The molecule has 2 heterocycles. The number of hydrogen-bond donors (Lipinski definition) is 3. The van der Waals surface area contributed by atoms with E-state index < -0.39 is 22.1 Å². The van der Waals surface area contributed by atoms with Gasteiger partial charge in [0.15, 0.2) is 5.89 Å². The number of alkyl halides is 2. The minimum Gasteiger partial charge on any atom is -0.444 e. The molecule has 0 bridgehead atoms. The maximum atomic E-state index is 14.2. The third-order valence-electron chi connectivity index (χ3n) is 9.76. The first-order valence-corrected chi connectivity index (χ1v) is 17.1. The highest BCUT2D eigenvalue weighted by Gasteiger charge is 2.48. The predicted octanol–water partition coefficient (Wildman–Crippen LogP) is 6.90. The Morgan fingerprint density at radius 3 is 2.43 bits per heavy atom. The fraction of sp³-hybridized carbons (Fsp3) is 0.645. The molecule has 3 N–H and O–H groups in total. The van der Waals surface area contributed by atoms with Crippen LogP contribution >= 0.6 is 10.6 Å². The van der Waals surface area contributed by atoms with Crippen molar-refractivity contribution in [2.45, 2.75) is 88.0 Å². The van der Waals surface area contributed by atoms with Gasteiger partial charge in [0.05, 0.1) is 17.6 Å². The molecule has 6 rings (SSSR count). The second kappa shape index (κ2) is 11.1. The summed E-state index contributed by atoms with van der Waals surface area (Å²) in [5.41, 5.74) is 1.71. The normalized spacial score (nSPS) is 30.6. The van der Waals surface area contributed by atoms with Gasteiger partial charge in [0.1, 0.15) is 17.0 Å². The highest BCUT2D eigenvalue weighted by molar-refractivity contribution is 8.24. The van der Waals surface area contributed by atoms with Crippen molar-refractivity contribution < 1.29 is 27.1 Å². The number of amides is 1. The lowest BCUT2D eigenvalue weighted by atomic mass is 9.76. The lowest BCUT2D eigenvalue weighted by Crippen LogP contribution is -2.42. The summed E-state index contributed by atoms with van der Waals surface area (Å²) in [6.07, 6.45) is 4.50. The molecule has 3 saturated carbocycles. The molecule has 0 unspecified atom stereocenters.